The van der Waals surface area contributed by atoms with Gasteiger partial charge in [0.25, 0.3) is 5.91 Å². The third-order valence-electron chi connectivity index (χ3n) is 2.95. The van der Waals surface area contributed by atoms with E-state index < -0.39 is 0 Å². The number of ether oxygens (including phenoxy) is 1. The Kier molecular flexibility index (Phi) is 4.27. The molecule has 1 N–H and O–H groups in total. The summed E-state index contributed by atoms with van der Waals surface area (Å²) in [6, 6.07) is 5.56. The van der Waals surface area contributed by atoms with Gasteiger partial charge >= 0.3 is 0 Å². The van der Waals surface area contributed by atoms with Gasteiger partial charge in [-0.15, -0.1) is 0 Å². The molecule has 0 spiro atoms. The zero-order chi connectivity index (χ0) is 12.4. The fourth-order valence-electron chi connectivity index (χ4n) is 1.78. The molecular weight excluding hydrogens is 352 g/mol. The zero-order valence-electron chi connectivity index (χ0n) is 9.37. The van der Waals surface area contributed by atoms with Crippen LogP contribution in [0.5, 0.6) is 0 Å². The molecule has 1 fully saturated rings. The van der Waals surface area contributed by atoms with Crippen LogP contribution in [0.3, 0.4) is 0 Å². The first-order valence-electron chi connectivity index (χ1n) is 5.39. The summed E-state index contributed by atoms with van der Waals surface area (Å²) in [5, 5.41) is 3.58. The molecule has 1 aliphatic carbocycles. The van der Waals surface area contributed by atoms with Crippen molar-refractivity contribution < 1.29 is 9.53 Å². The van der Waals surface area contributed by atoms with Gasteiger partial charge in [0.2, 0.25) is 0 Å². The predicted molar refractivity (Wildman–Crippen MR) is 75.5 cm³/mol. The van der Waals surface area contributed by atoms with Gasteiger partial charge < -0.3 is 10.1 Å². The lowest BCUT2D eigenvalue weighted by Crippen LogP contribution is -2.47. The number of halogens is 2. The van der Waals surface area contributed by atoms with Crippen LogP contribution >= 0.6 is 34.2 Å². The highest BCUT2D eigenvalue weighted by atomic mass is 127. The standard InChI is InChI=1S/C12H13ClINO2/c1-17-9-5-8(6-9)15-12(16)7-2-3-11(14)10(13)4-7/h2-4,8-9H,5-6H2,1H3,(H,15,16). The molecule has 1 aliphatic rings. The fourth-order valence-corrected chi connectivity index (χ4v) is 2.30. The van der Waals surface area contributed by atoms with Crippen LogP contribution in [0.1, 0.15) is 23.2 Å². The second-order valence-electron chi connectivity index (χ2n) is 4.13. The van der Waals surface area contributed by atoms with Crippen LogP contribution in [-0.4, -0.2) is 25.2 Å². The van der Waals surface area contributed by atoms with Gasteiger partial charge in [0.15, 0.2) is 0 Å². The summed E-state index contributed by atoms with van der Waals surface area (Å²) < 4.78 is 6.11. The molecule has 5 heteroatoms. The lowest BCUT2D eigenvalue weighted by molar-refractivity contribution is 0.0176. The number of hydrogen-bond donors (Lipinski definition) is 1. The van der Waals surface area contributed by atoms with Crippen LogP contribution in [-0.2, 0) is 4.74 Å². The highest BCUT2D eigenvalue weighted by Gasteiger charge is 2.30. The number of carbonyl (C=O) groups is 1. The van der Waals surface area contributed by atoms with Crippen LogP contribution in [0, 0.1) is 3.57 Å². The van der Waals surface area contributed by atoms with E-state index in [9.17, 15) is 4.79 Å². The minimum absolute atomic E-state index is 0.0668. The van der Waals surface area contributed by atoms with E-state index in [1.165, 1.54) is 0 Å². The van der Waals surface area contributed by atoms with Crippen molar-refractivity contribution >= 4 is 40.1 Å². The Balaban J connectivity index is 1.94. The van der Waals surface area contributed by atoms with Gasteiger partial charge in [-0.3, -0.25) is 4.79 Å². The predicted octanol–water partition coefficient (Wildman–Crippen LogP) is 2.85. The Morgan fingerprint density at radius 2 is 2.24 bits per heavy atom. The van der Waals surface area contributed by atoms with Gasteiger partial charge in [0.1, 0.15) is 0 Å². The topological polar surface area (TPSA) is 38.3 Å². The number of carbonyl (C=O) groups excluding carboxylic acids is 1. The second-order valence-corrected chi connectivity index (χ2v) is 5.70. The third kappa shape index (κ3) is 3.11. The first-order chi connectivity index (χ1) is 8.10. The van der Waals surface area contributed by atoms with Crippen LogP contribution < -0.4 is 5.32 Å². The molecule has 3 nitrogen and oxygen atoms in total. The molecule has 0 unspecified atom stereocenters. The molecule has 1 aromatic carbocycles. The van der Waals surface area contributed by atoms with Crippen LogP contribution in [0.15, 0.2) is 18.2 Å². The molecule has 17 heavy (non-hydrogen) atoms. The average Bonchev–Trinajstić information content (AvgIpc) is 2.26. The van der Waals surface area contributed by atoms with E-state index in [-0.39, 0.29) is 11.9 Å². The van der Waals surface area contributed by atoms with Crippen molar-refractivity contribution in [1.82, 2.24) is 5.32 Å². The maximum Gasteiger partial charge on any atom is 0.251 e. The highest BCUT2D eigenvalue weighted by Crippen LogP contribution is 2.24. The summed E-state index contributed by atoms with van der Waals surface area (Å²) in [5.74, 6) is -0.0668. The summed E-state index contributed by atoms with van der Waals surface area (Å²) in [6.45, 7) is 0. The second kappa shape index (κ2) is 5.54. The maximum absolute atomic E-state index is 11.9. The van der Waals surface area contributed by atoms with Gasteiger partial charge in [-0.05, 0) is 53.6 Å². The normalized spacial score (nSPS) is 23.0. The monoisotopic (exact) mass is 365 g/mol. The lowest BCUT2D eigenvalue weighted by atomic mass is 9.89. The molecule has 0 atom stereocenters. The van der Waals surface area contributed by atoms with Crippen molar-refractivity contribution in [2.75, 3.05) is 7.11 Å². The summed E-state index contributed by atoms with van der Waals surface area (Å²) >= 11 is 8.12. The van der Waals surface area contributed by atoms with Gasteiger partial charge in [0, 0.05) is 22.3 Å². The summed E-state index contributed by atoms with van der Waals surface area (Å²) in [4.78, 5) is 11.9. The van der Waals surface area contributed by atoms with Gasteiger partial charge in [0.05, 0.1) is 11.1 Å². The minimum Gasteiger partial charge on any atom is -0.381 e. The SMILES string of the molecule is COC1CC(NC(=O)c2ccc(I)c(Cl)c2)C1. The van der Waals surface area contributed by atoms with Crippen molar-refractivity contribution in [3.8, 4) is 0 Å². The van der Waals surface area contributed by atoms with Crippen molar-refractivity contribution in [2.24, 2.45) is 0 Å². The van der Waals surface area contributed by atoms with Crippen LogP contribution in [0.25, 0.3) is 0 Å². The maximum atomic E-state index is 11.9. The van der Waals surface area contributed by atoms with Gasteiger partial charge in [-0.2, -0.15) is 0 Å². The van der Waals surface area contributed by atoms with Gasteiger partial charge in [-0.25, -0.2) is 0 Å². The largest absolute Gasteiger partial charge is 0.381 e. The minimum atomic E-state index is -0.0668. The summed E-state index contributed by atoms with van der Waals surface area (Å²) in [5.41, 5.74) is 0.608. The fraction of sp³-hybridized carbons (Fsp3) is 0.417. The molecule has 0 heterocycles. The molecule has 0 aromatic heterocycles. The van der Waals surface area contributed by atoms with Crippen molar-refractivity contribution in [1.29, 1.82) is 0 Å². The van der Waals surface area contributed by atoms with Crippen molar-refractivity contribution in [3.05, 3.63) is 32.4 Å². The number of methoxy groups -OCH3 is 1. The Morgan fingerprint density at radius 3 is 2.82 bits per heavy atom. The first kappa shape index (κ1) is 13.1. The smallest absolute Gasteiger partial charge is 0.251 e. The molecule has 1 saturated carbocycles. The molecule has 0 saturated heterocycles. The van der Waals surface area contributed by atoms with E-state index in [0.29, 0.717) is 16.7 Å². The van der Waals surface area contributed by atoms with Crippen molar-refractivity contribution in [2.45, 2.75) is 25.0 Å². The first-order valence-corrected chi connectivity index (χ1v) is 6.84. The van der Waals surface area contributed by atoms with E-state index in [4.69, 9.17) is 16.3 Å². The highest BCUT2D eigenvalue weighted by molar-refractivity contribution is 14.1. The molecule has 1 aromatic rings. The van der Waals surface area contributed by atoms with Gasteiger partial charge in [-0.1, -0.05) is 11.6 Å². The van der Waals surface area contributed by atoms with Crippen LogP contribution in [0.2, 0.25) is 5.02 Å². The molecular formula is C12H13ClINO2. The van der Waals surface area contributed by atoms with E-state index in [1.807, 2.05) is 6.07 Å². The van der Waals surface area contributed by atoms with Crippen molar-refractivity contribution in [3.63, 3.8) is 0 Å². The molecule has 92 valence electrons. The number of hydrogen-bond acceptors (Lipinski definition) is 2. The van der Waals surface area contributed by atoms with E-state index >= 15 is 0 Å². The molecule has 2 rings (SSSR count). The molecule has 0 bridgehead atoms. The summed E-state index contributed by atoms with van der Waals surface area (Å²) in [6.07, 6.45) is 2.07. The Hall–Kier alpha value is -0.330. The number of nitrogens with one attached hydrogen (secondary N) is 1. The lowest BCUT2D eigenvalue weighted by Gasteiger charge is -2.34. The number of benzene rings is 1. The van der Waals surface area contributed by atoms with Crippen LogP contribution in [0.4, 0.5) is 0 Å². The Bertz CT molecular complexity index is 433. The zero-order valence-corrected chi connectivity index (χ0v) is 12.3. The number of rotatable bonds is 3. The Morgan fingerprint density at radius 1 is 1.53 bits per heavy atom. The number of amides is 1. The van der Waals surface area contributed by atoms with E-state index in [0.717, 1.165) is 16.4 Å². The molecule has 1 amide bonds. The Labute approximate surface area is 119 Å². The summed E-state index contributed by atoms with van der Waals surface area (Å²) in [7, 11) is 1.70. The molecule has 0 aliphatic heterocycles. The third-order valence-corrected chi connectivity index (χ3v) is 4.52. The van der Waals surface area contributed by atoms with E-state index in [2.05, 4.69) is 27.9 Å². The quantitative estimate of drug-likeness (QED) is 0.837. The van der Waals surface area contributed by atoms with E-state index in [1.54, 1.807) is 19.2 Å². The average molecular weight is 366 g/mol. The molecule has 0 radical (unpaired) electrons.